The van der Waals surface area contributed by atoms with Crippen molar-refractivity contribution in [1.29, 1.82) is 0 Å². The van der Waals surface area contributed by atoms with E-state index in [4.69, 9.17) is 9.78 Å². The molecule has 3 heteroatoms. The standard InChI is InChI=1S/C14H28O3/c1-5-8-10-14(4,11-9-6-2)12-13(15)17-16-7-3/h5-12H2,1-4H3. The molecule has 0 saturated heterocycles. The summed E-state index contributed by atoms with van der Waals surface area (Å²) in [5, 5.41) is 0. The molecular weight excluding hydrogens is 216 g/mol. The number of unbranched alkanes of at least 4 members (excludes halogenated alkanes) is 2. The van der Waals surface area contributed by atoms with Gasteiger partial charge in [-0.25, -0.2) is 4.79 Å². The number of carbonyl (C=O) groups excluding carboxylic acids is 1. The highest BCUT2D eigenvalue weighted by Gasteiger charge is 2.27. The van der Waals surface area contributed by atoms with Gasteiger partial charge in [0.25, 0.3) is 0 Å². The van der Waals surface area contributed by atoms with Crippen LogP contribution in [0, 0.1) is 5.41 Å². The highest BCUT2D eigenvalue weighted by atomic mass is 17.2. The van der Waals surface area contributed by atoms with Crippen LogP contribution < -0.4 is 0 Å². The van der Waals surface area contributed by atoms with Crippen LogP contribution >= 0.6 is 0 Å². The fraction of sp³-hybridized carbons (Fsp3) is 0.929. The van der Waals surface area contributed by atoms with Gasteiger partial charge < -0.3 is 0 Å². The van der Waals surface area contributed by atoms with E-state index >= 15 is 0 Å². The maximum atomic E-state index is 11.6. The minimum absolute atomic E-state index is 0.0696. The average Bonchev–Trinajstić information content (AvgIpc) is 2.31. The van der Waals surface area contributed by atoms with Gasteiger partial charge in [-0.05, 0) is 25.2 Å². The highest BCUT2D eigenvalue weighted by molar-refractivity contribution is 5.69. The Bertz CT molecular complexity index is 194. The smallest absolute Gasteiger partial charge is 0.298 e. The van der Waals surface area contributed by atoms with Crippen molar-refractivity contribution in [2.45, 2.75) is 72.6 Å². The minimum Gasteiger partial charge on any atom is -0.298 e. The Hall–Kier alpha value is -0.570. The average molecular weight is 244 g/mol. The second kappa shape index (κ2) is 9.46. The van der Waals surface area contributed by atoms with E-state index in [1.54, 1.807) is 6.92 Å². The van der Waals surface area contributed by atoms with Crippen LogP contribution in [0.15, 0.2) is 0 Å². The number of hydrogen-bond acceptors (Lipinski definition) is 3. The largest absolute Gasteiger partial charge is 0.342 e. The second-order valence-electron chi connectivity index (χ2n) is 5.06. The SMILES string of the molecule is CCCCC(C)(CCCC)CC(=O)OOCC. The summed E-state index contributed by atoms with van der Waals surface area (Å²) in [4.78, 5) is 21.0. The molecule has 0 bridgehead atoms. The van der Waals surface area contributed by atoms with Crippen LogP contribution in [0.2, 0.25) is 0 Å². The van der Waals surface area contributed by atoms with Crippen LogP contribution in [0.1, 0.15) is 72.6 Å². The van der Waals surface area contributed by atoms with Gasteiger partial charge in [0.2, 0.25) is 0 Å². The molecule has 0 rings (SSSR count). The number of hydrogen-bond donors (Lipinski definition) is 0. The molecule has 0 fully saturated rings. The highest BCUT2D eigenvalue weighted by Crippen LogP contribution is 2.34. The summed E-state index contributed by atoms with van der Waals surface area (Å²) in [6.45, 7) is 8.76. The molecule has 0 heterocycles. The van der Waals surface area contributed by atoms with Gasteiger partial charge in [0, 0.05) is 0 Å². The van der Waals surface area contributed by atoms with E-state index in [2.05, 4.69) is 20.8 Å². The van der Waals surface area contributed by atoms with Crippen molar-refractivity contribution in [3.63, 3.8) is 0 Å². The third kappa shape index (κ3) is 8.19. The van der Waals surface area contributed by atoms with Crippen LogP contribution in [0.5, 0.6) is 0 Å². The quantitative estimate of drug-likeness (QED) is 0.425. The van der Waals surface area contributed by atoms with Crippen molar-refractivity contribution in [2.24, 2.45) is 5.41 Å². The van der Waals surface area contributed by atoms with E-state index in [0.717, 1.165) is 12.8 Å². The predicted octanol–water partition coefficient (Wildman–Crippen LogP) is 4.26. The van der Waals surface area contributed by atoms with Crippen LogP contribution in [-0.4, -0.2) is 12.6 Å². The molecule has 0 unspecified atom stereocenters. The van der Waals surface area contributed by atoms with E-state index in [0.29, 0.717) is 13.0 Å². The zero-order valence-electron chi connectivity index (χ0n) is 11.9. The Morgan fingerprint density at radius 3 is 2.00 bits per heavy atom. The first-order valence-electron chi connectivity index (χ1n) is 6.90. The number of rotatable bonds is 10. The first kappa shape index (κ1) is 16.4. The number of carbonyl (C=O) groups is 1. The molecule has 0 aliphatic heterocycles. The molecule has 0 radical (unpaired) electrons. The monoisotopic (exact) mass is 244 g/mol. The third-order valence-corrected chi connectivity index (χ3v) is 3.11. The van der Waals surface area contributed by atoms with Gasteiger partial charge in [-0.2, -0.15) is 4.89 Å². The summed E-state index contributed by atoms with van der Waals surface area (Å²) >= 11 is 0. The van der Waals surface area contributed by atoms with E-state index < -0.39 is 0 Å². The van der Waals surface area contributed by atoms with Crippen molar-refractivity contribution < 1.29 is 14.6 Å². The first-order chi connectivity index (χ1) is 8.08. The van der Waals surface area contributed by atoms with Gasteiger partial charge in [0.1, 0.15) is 0 Å². The molecule has 102 valence electrons. The van der Waals surface area contributed by atoms with Gasteiger partial charge >= 0.3 is 5.97 Å². The molecule has 0 aromatic heterocycles. The summed E-state index contributed by atoms with van der Waals surface area (Å²) in [6.07, 6.45) is 7.32. The summed E-state index contributed by atoms with van der Waals surface area (Å²) < 4.78 is 0. The third-order valence-electron chi connectivity index (χ3n) is 3.11. The van der Waals surface area contributed by atoms with Crippen LogP contribution in [-0.2, 0) is 14.6 Å². The lowest BCUT2D eigenvalue weighted by molar-refractivity contribution is -0.271. The first-order valence-corrected chi connectivity index (χ1v) is 6.90. The summed E-state index contributed by atoms with van der Waals surface area (Å²) in [5.41, 5.74) is 0.0696. The molecule has 0 spiro atoms. The van der Waals surface area contributed by atoms with Gasteiger partial charge in [0.05, 0.1) is 13.0 Å². The Morgan fingerprint density at radius 2 is 1.59 bits per heavy atom. The molecular formula is C14H28O3. The lowest BCUT2D eigenvalue weighted by atomic mass is 9.77. The molecule has 0 aliphatic rings. The molecule has 0 saturated carbocycles. The van der Waals surface area contributed by atoms with Crippen molar-refractivity contribution in [3.8, 4) is 0 Å². The minimum atomic E-state index is -0.235. The normalized spacial score (nSPS) is 11.5. The molecule has 0 N–H and O–H groups in total. The molecule has 0 aromatic carbocycles. The Morgan fingerprint density at radius 1 is 1.06 bits per heavy atom. The van der Waals surface area contributed by atoms with Crippen LogP contribution in [0.4, 0.5) is 0 Å². The van der Waals surface area contributed by atoms with Crippen molar-refractivity contribution in [2.75, 3.05) is 6.61 Å². The summed E-state index contributed by atoms with van der Waals surface area (Å²) in [7, 11) is 0. The fourth-order valence-corrected chi connectivity index (χ4v) is 2.01. The molecule has 0 atom stereocenters. The van der Waals surface area contributed by atoms with E-state index in [1.807, 2.05) is 0 Å². The molecule has 0 aromatic rings. The lowest BCUT2D eigenvalue weighted by Gasteiger charge is -2.28. The Kier molecular flexibility index (Phi) is 9.14. The maximum Gasteiger partial charge on any atom is 0.342 e. The molecule has 0 amide bonds. The molecule has 3 nitrogen and oxygen atoms in total. The van der Waals surface area contributed by atoms with Gasteiger partial charge in [-0.3, -0.25) is 4.89 Å². The van der Waals surface area contributed by atoms with E-state index in [-0.39, 0.29) is 11.4 Å². The Labute approximate surface area is 106 Å². The van der Waals surface area contributed by atoms with Crippen LogP contribution in [0.3, 0.4) is 0 Å². The fourth-order valence-electron chi connectivity index (χ4n) is 2.01. The molecule has 17 heavy (non-hydrogen) atoms. The van der Waals surface area contributed by atoms with Crippen molar-refractivity contribution >= 4 is 5.97 Å². The van der Waals surface area contributed by atoms with Gasteiger partial charge in [0.15, 0.2) is 0 Å². The zero-order valence-corrected chi connectivity index (χ0v) is 11.9. The maximum absolute atomic E-state index is 11.6. The van der Waals surface area contributed by atoms with Crippen LogP contribution in [0.25, 0.3) is 0 Å². The van der Waals surface area contributed by atoms with Gasteiger partial charge in [-0.1, -0.05) is 46.5 Å². The molecule has 0 aliphatic carbocycles. The topological polar surface area (TPSA) is 35.5 Å². The van der Waals surface area contributed by atoms with E-state index in [9.17, 15) is 4.79 Å². The lowest BCUT2D eigenvalue weighted by Crippen LogP contribution is -2.22. The predicted molar refractivity (Wildman–Crippen MR) is 69.5 cm³/mol. The van der Waals surface area contributed by atoms with E-state index in [1.165, 1.54) is 25.7 Å². The zero-order chi connectivity index (χ0) is 13.1. The van der Waals surface area contributed by atoms with Crippen molar-refractivity contribution in [1.82, 2.24) is 0 Å². The second-order valence-corrected chi connectivity index (χ2v) is 5.06. The van der Waals surface area contributed by atoms with Gasteiger partial charge in [-0.15, -0.1) is 0 Å². The van der Waals surface area contributed by atoms with Crippen molar-refractivity contribution in [3.05, 3.63) is 0 Å². The summed E-state index contributed by atoms with van der Waals surface area (Å²) in [5.74, 6) is -0.235. The summed E-state index contributed by atoms with van der Waals surface area (Å²) in [6, 6.07) is 0. The Balaban J connectivity index is 4.19.